The Morgan fingerprint density at radius 3 is 2.49 bits per heavy atom. The minimum atomic E-state index is -0.136. The van der Waals surface area contributed by atoms with Crippen molar-refractivity contribution >= 4 is 45.6 Å². The van der Waals surface area contributed by atoms with Crippen molar-refractivity contribution < 1.29 is 15.0 Å². The molecule has 0 radical (unpaired) electrons. The van der Waals surface area contributed by atoms with E-state index in [4.69, 9.17) is 23.2 Å². The number of anilines is 1. The lowest BCUT2D eigenvalue weighted by Gasteiger charge is -2.34. The van der Waals surface area contributed by atoms with Crippen LogP contribution in [0, 0.1) is 5.92 Å². The number of nitrogens with one attached hydrogen (secondary N) is 1. The van der Waals surface area contributed by atoms with Crippen molar-refractivity contribution in [1.29, 1.82) is 0 Å². The number of phenolic OH excluding ortho intramolecular Hbond substituents is 1. The number of carbonyl (C=O) groups excluding carboxylic acids is 1. The molecule has 1 aromatic heterocycles. The highest BCUT2D eigenvalue weighted by molar-refractivity contribution is 6.37. The predicted molar refractivity (Wildman–Crippen MR) is 150 cm³/mol. The zero-order chi connectivity index (χ0) is 26.1. The summed E-state index contributed by atoms with van der Waals surface area (Å²) in [5.41, 5.74) is 3.84. The van der Waals surface area contributed by atoms with Gasteiger partial charge in [0, 0.05) is 30.2 Å². The summed E-state index contributed by atoms with van der Waals surface area (Å²) in [5, 5.41) is 24.6. The minimum absolute atomic E-state index is 0.0317. The largest absolute Gasteiger partial charge is 0.505 e. The molecule has 1 aliphatic carbocycles. The van der Waals surface area contributed by atoms with E-state index in [0.29, 0.717) is 17.5 Å². The van der Waals surface area contributed by atoms with Gasteiger partial charge in [-0.1, -0.05) is 29.3 Å². The van der Waals surface area contributed by atoms with Gasteiger partial charge >= 0.3 is 0 Å². The molecular weight excluding hydrogens is 509 g/mol. The van der Waals surface area contributed by atoms with Crippen molar-refractivity contribution in [2.45, 2.75) is 57.5 Å². The molecule has 5 rings (SSSR count). The molecule has 2 heterocycles. The van der Waals surface area contributed by atoms with Gasteiger partial charge in [-0.05, 0) is 93.3 Å². The Morgan fingerprint density at radius 1 is 1.08 bits per heavy atom. The number of hydrogen-bond donors (Lipinski definition) is 3. The quantitative estimate of drug-likeness (QED) is 0.294. The number of nitrogens with zero attached hydrogens (tertiary/aromatic N) is 2. The average molecular weight is 543 g/mol. The fourth-order valence-corrected chi connectivity index (χ4v) is 6.38. The van der Waals surface area contributed by atoms with Gasteiger partial charge in [0.2, 0.25) is 0 Å². The summed E-state index contributed by atoms with van der Waals surface area (Å²) in [5.74, 6) is 0.473. The molecule has 3 N–H and O–H groups in total. The van der Waals surface area contributed by atoms with Crippen molar-refractivity contribution in [1.82, 2.24) is 9.88 Å². The van der Waals surface area contributed by atoms with E-state index in [1.807, 2.05) is 18.2 Å². The highest BCUT2D eigenvalue weighted by Crippen LogP contribution is 2.39. The van der Waals surface area contributed by atoms with Gasteiger partial charge < -0.3 is 15.5 Å². The van der Waals surface area contributed by atoms with E-state index in [-0.39, 0.29) is 34.2 Å². The SMILES string of the molecule is CC(=O)c1cnc2ccc(-c3cc(Cl)c(O)c(Cl)c3)cc2c1NC1CCC(CN2CCC[C@H]2CO)CC1. The Balaban J connectivity index is 1.39. The van der Waals surface area contributed by atoms with Gasteiger partial charge in [0.1, 0.15) is 0 Å². The average Bonchev–Trinajstić information content (AvgIpc) is 3.34. The Morgan fingerprint density at radius 2 is 1.81 bits per heavy atom. The molecule has 1 aliphatic heterocycles. The number of aliphatic hydroxyl groups is 1. The first-order valence-corrected chi connectivity index (χ1v) is 13.8. The molecular formula is C29H33Cl2N3O3. The first-order valence-electron chi connectivity index (χ1n) is 13.1. The molecule has 0 amide bonds. The molecule has 0 bridgehead atoms. The fourth-order valence-electron chi connectivity index (χ4n) is 5.89. The molecule has 2 aliphatic rings. The number of fused-ring (bicyclic) bond motifs is 1. The van der Waals surface area contributed by atoms with E-state index >= 15 is 0 Å². The van der Waals surface area contributed by atoms with Crippen LogP contribution < -0.4 is 5.32 Å². The molecule has 1 atom stereocenters. The Hall–Kier alpha value is -2.38. The van der Waals surface area contributed by atoms with Crippen molar-refractivity contribution in [3.63, 3.8) is 0 Å². The van der Waals surface area contributed by atoms with E-state index in [0.717, 1.165) is 72.9 Å². The maximum atomic E-state index is 12.6. The number of likely N-dealkylation sites (tertiary alicyclic amines) is 1. The highest BCUT2D eigenvalue weighted by atomic mass is 35.5. The molecule has 2 fully saturated rings. The lowest BCUT2D eigenvalue weighted by molar-refractivity contribution is 0.101. The third-order valence-electron chi connectivity index (χ3n) is 8.00. The van der Waals surface area contributed by atoms with E-state index in [9.17, 15) is 15.0 Å². The van der Waals surface area contributed by atoms with Crippen molar-refractivity contribution in [3.05, 3.63) is 52.1 Å². The first-order chi connectivity index (χ1) is 17.8. The van der Waals surface area contributed by atoms with Crippen LogP contribution in [-0.4, -0.2) is 57.7 Å². The third kappa shape index (κ3) is 5.58. The predicted octanol–water partition coefficient (Wildman–Crippen LogP) is 6.54. The number of phenols is 1. The number of Topliss-reactive ketones (excluding diaryl/α,β-unsaturated/α-hetero) is 1. The monoisotopic (exact) mass is 541 g/mol. The van der Waals surface area contributed by atoms with Gasteiger partial charge in [0.05, 0.1) is 33.4 Å². The Kier molecular flexibility index (Phi) is 7.91. The zero-order valence-electron chi connectivity index (χ0n) is 21.0. The standard InChI is InChI=1S/C29H33Cl2N3O3/c1-17(36)24-14-32-27-9-6-19(20-12-25(30)29(37)26(31)13-20)11-23(27)28(24)33-21-7-4-18(5-8-21)15-34-10-2-3-22(34)16-35/h6,9,11-14,18,21-22,35,37H,2-5,7-8,10,15-16H2,1H3,(H,32,33)/t18?,21?,22-/m0/s1. The van der Waals surface area contributed by atoms with Crippen LogP contribution in [0.5, 0.6) is 5.75 Å². The zero-order valence-corrected chi connectivity index (χ0v) is 22.5. The van der Waals surface area contributed by atoms with Crippen LogP contribution in [0.4, 0.5) is 5.69 Å². The molecule has 37 heavy (non-hydrogen) atoms. The topological polar surface area (TPSA) is 85.7 Å². The number of aromatic hydroxyl groups is 1. The molecule has 2 aromatic carbocycles. The van der Waals surface area contributed by atoms with Crippen LogP contribution >= 0.6 is 23.2 Å². The summed E-state index contributed by atoms with van der Waals surface area (Å²) in [7, 11) is 0. The summed E-state index contributed by atoms with van der Waals surface area (Å²) in [4.78, 5) is 19.6. The van der Waals surface area contributed by atoms with Crippen LogP contribution in [0.25, 0.3) is 22.0 Å². The van der Waals surface area contributed by atoms with E-state index in [1.54, 1.807) is 25.3 Å². The number of rotatable bonds is 7. The van der Waals surface area contributed by atoms with Crippen LogP contribution in [0.1, 0.15) is 55.8 Å². The van der Waals surface area contributed by atoms with Gasteiger partial charge in [-0.15, -0.1) is 0 Å². The summed E-state index contributed by atoms with van der Waals surface area (Å²) >= 11 is 12.4. The van der Waals surface area contributed by atoms with Gasteiger partial charge in [-0.3, -0.25) is 14.7 Å². The Bertz CT molecular complexity index is 1280. The van der Waals surface area contributed by atoms with Crippen LogP contribution in [-0.2, 0) is 0 Å². The maximum Gasteiger partial charge on any atom is 0.163 e. The second kappa shape index (κ2) is 11.2. The summed E-state index contributed by atoms with van der Waals surface area (Å²) in [6.07, 6.45) is 8.26. The maximum absolute atomic E-state index is 12.6. The van der Waals surface area contributed by atoms with E-state index in [2.05, 4.69) is 15.2 Å². The Labute approximate surface area is 227 Å². The number of ketones is 1. The number of halogens is 2. The van der Waals surface area contributed by atoms with Crippen LogP contribution in [0.2, 0.25) is 10.0 Å². The summed E-state index contributed by atoms with van der Waals surface area (Å²) in [6.45, 7) is 3.98. The molecule has 8 heteroatoms. The molecule has 0 spiro atoms. The molecule has 3 aromatic rings. The number of benzene rings is 2. The van der Waals surface area contributed by atoms with Crippen molar-refractivity contribution in [2.75, 3.05) is 25.0 Å². The van der Waals surface area contributed by atoms with Crippen molar-refractivity contribution in [2.24, 2.45) is 5.92 Å². The molecule has 6 nitrogen and oxygen atoms in total. The van der Waals surface area contributed by atoms with Gasteiger partial charge in [-0.2, -0.15) is 0 Å². The van der Waals surface area contributed by atoms with Gasteiger partial charge in [0.25, 0.3) is 0 Å². The van der Waals surface area contributed by atoms with Crippen LogP contribution in [0.15, 0.2) is 36.5 Å². The lowest BCUT2D eigenvalue weighted by atomic mass is 9.85. The number of aliphatic hydroxyl groups excluding tert-OH is 1. The smallest absolute Gasteiger partial charge is 0.163 e. The van der Waals surface area contributed by atoms with Gasteiger partial charge in [-0.25, -0.2) is 0 Å². The van der Waals surface area contributed by atoms with Gasteiger partial charge in [0.15, 0.2) is 11.5 Å². The molecule has 196 valence electrons. The van der Waals surface area contributed by atoms with Crippen molar-refractivity contribution in [3.8, 4) is 16.9 Å². The minimum Gasteiger partial charge on any atom is -0.505 e. The summed E-state index contributed by atoms with van der Waals surface area (Å²) in [6, 6.07) is 9.83. The molecule has 1 saturated heterocycles. The summed E-state index contributed by atoms with van der Waals surface area (Å²) < 4.78 is 0. The van der Waals surface area contributed by atoms with Crippen LogP contribution in [0.3, 0.4) is 0 Å². The molecule has 0 unspecified atom stereocenters. The lowest BCUT2D eigenvalue weighted by Crippen LogP contribution is -2.38. The number of hydrogen-bond acceptors (Lipinski definition) is 6. The van der Waals surface area contributed by atoms with E-state index < -0.39 is 0 Å². The second-order valence-corrected chi connectivity index (χ2v) is 11.3. The third-order valence-corrected chi connectivity index (χ3v) is 8.57. The first kappa shape index (κ1) is 26.2. The number of pyridine rings is 1. The van der Waals surface area contributed by atoms with E-state index in [1.165, 1.54) is 6.42 Å². The normalized spacial score (nSPS) is 22.4. The number of aromatic nitrogens is 1. The fraction of sp³-hybridized carbons (Fsp3) is 0.448. The molecule has 1 saturated carbocycles. The number of carbonyl (C=O) groups is 1. The highest BCUT2D eigenvalue weighted by Gasteiger charge is 2.29. The second-order valence-electron chi connectivity index (χ2n) is 10.5.